The van der Waals surface area contributed by atoms with Crippen LogP contribution in [0.2, 0.25) is 5.02 Å². The molecule has 0 fully saturated rings. The van der Waals surface area contributed by atoms with Gasteiger partial charge in [-0.15, -0.1) is 13.2 Å². The minimum atomic E-state index is -4.86. The monoisotopic (exact) mass is 504 g/mol. The normalized spacial score (nSPS) is 15.7. The van der Waals surface area contributed by atoms with E-state index in [4.69, 9.17) is 11.6 Å². The molecule has 1 aliphatic rings. The number of carbonyl (C=O) groups excluding carboxylic acids is 2. The number of hydrogen-bond acceptors (Lipinski definition) is 4. The van der Waals surface area contributed by atoms with Crippen LogP contribution in [0.25, 0.3) is 11.1 Å². The van der Waals surface area contributed by atoms with Crippen molar-refractivity contribution in [3.05, 3.63) is 78.4 Å². The Balaban J connectivity index is 1.50. The van der Waals surface area contributed by atoms with Crippen molar-refractivity contribution in [3.8, 4) is 16.9 Å². The van der Waals surface area contributed by atoms with E-state index in [0.717, 1.165) is 0 Å². The highest BCUT2D eigenvalue weighted by Gasteiger charge is 2.32. The summed E-state index contributed by atoms with van der Waals surface area (Å²) in [6.45, 7) is 0.440. The molecule has 4 rings (SSSR count). The summed E-state index contributed by atoms with van der Waals surface area (Å²) in [5.41, 5.74) is 0.789. The van der Waals surface area contributed by atoms with Gasteiger partial charge in [-0.05, 0) is 24.6 Å². The standard InChI is InChI=1S/C24H20ClF3N4O3/c25-19-13-16(8-9-17(19)18-5-1-2-7-21(18)35-24(26,27)28)30-23(34)20-6-3-4-11-32(20)22(33)14-31-12-10-29-15-31/h1-3,5-10,12-13,15,20H,4,11,14H2,(H,30,34). The van der Waals surface area contributed by atoms with Gasteiger partial charge in [0.2, 0.25) is 5.91 Å². The number of alkyl halides is 3. The second-order valence-electron chi connectivity index (χ2n) is 7.71. The van der Waals surface area contributed by atoms with Crippen molar-refractivity contribution in [3.63, 3.8) is 0 Å². The molecule has 0 radical (unpaired) electrons. The number of halogens is 4. The number of rotatable bonds is 6. The summed E-state index contributed by atoms with van der Waals surface area (Å²) in [5, 5.41) is 2.85. The van der Waals surface area contributed by atoms with Gasteiger partial charge in [0.1, 0.15) is 18.3 Å². The van der Waals surface area contributed by atoms with E-state index in [0.29, 0.717) is 24.2 Å². The van der Waals surface area contributed by atoms with E-state index in [9.17, 15) is 22.8 Å². The molecule has 0 saturated heterocycles. The van der Waals surface area contributed by atoms with Crippen LogP contribution >= 0.6 is 11.6 Å². The summed E-state index contributed by atoms with van der Waals surface area (Å²) in [6, 6.07) is 9.27. The van der Waals surface area contributed by atoms with Gasteiger partial charge in [0.15, 0.2) is 0 Å². The van der Waals surface area contributed by atoms with Gasteiger partial charge >= 0.3 is 6.36 Å². The average Bonchev–Trinajstić information content (AvgIpc) is 3.32. The molecule has 0 saturated carbocycles. The van der Waals surface area contributed by atoms with Crippen molar-refractivity contribution in [1.82, 2.24) is 14.5 Å². The predicted octanol–water partition coefficient (Wildman–Crippen LogP) is 4.90. The van der Waals surface area contributed by atoms with E-state index in [-0.39, 0.29) is 23.0 Å². The first-order valence-electron chi connectivity index (χ1n) is 10.6. The van der Waals surface area contributed by atoms with Crippen LogP contribution in [0.1, 0.15) is 6.42 Å². The summed E-state index contributed by atoms with van der Waals surface area (Å²) in [6.07, 6.45) is 4.01. The molecule has 1 N–H and O–H groups in total. The number of nitrogens with zero attached hydrogens (tertiary/aromatic N) is 3. The quantitative estimate of drug-likeness (QED) is 0.485. The van der Waals surface area contributed by atoms with Crippen LogP contribution in [0.15, 0.2) is 73.3 Å². The number of imidazole rings is 1. The number of ether oxygens (including phenoxy) is 1. The largest absolute Gasteiger partial charge is 0.573 e. The lowest BCUT2D eigenvalue weighted by Crippen LogP contribution is -2.49. The fraction of sp³-hybridized carbons (Fsp3) is 0.208. The number of hydrogen-bond donors (Lipinski definition) is 1. The Morgan fingerprint density at radius 2 is 1.97 bits per heavy atom. The number of nitrogens with one attached hydrogen (secondary N) is 1. The summed E-state index contributed by atoms with van der Waals surface area (Å²) < 4.78 is 44.1. The maximum absolute atomic E-state index is 13.0. The molecule has 1 atom stereocenters. The van der Waals surface area contributed by atoms with Crippen LogP contribution in [0.4, 0.5) is 18.9 Å². The Morgan fingerprint density at radius 3 is 2.69 bits per heavy atom. The van der Waals surface area contributed by atoms with Crippen molar-refractivity contribution in [1.29, 1.82) is 0 Å². The molecule has 3 aromatic rings. The highest BCUT2D eigenvalue weighted by molar-refractivity contribution is 6.33. The molecule has 2 amide bonds. The number of carbonyl (C=O) groups is 2. The van der Waals surface area contributed by atoms with Gasteiger partial charge in [-0.1, -0.05) is 48.0 Å². The van der Waals surface area contributed by atoms with Crippen LogP contribution < -0.4 is 10.1 Å². The summed E-state index contributed by atoms with van der Waals surface area (Å²) in [7, 11) is 0. The second kappa shape index (κ2) is 10.2. The van der Waals surface area contributed by atoms with E-state index in [1.807, 2.05) is 6.08 Å². The molecule has 1 unspecified atom stereocenters. The van der Waals surface area contributed by atoms with Crippen molar-refractivity contribution in [2.45, 2.75) is 25.4 Å². The van der Waals surface area contributed by atoms with Gasteiger partial charge in [0.25, 0.3) is 5.91 Å². The van der Waals surface area contributed by atoms with Gasteiger partial charge in [-0.2, -0.15) is 0 Å². The summed E-state index contributed by atoms with van der Waals surface area (Å²) >= 11 is 6.36. The third-order valence-electron chi connectivity index (χ3n) is 5.30. The Bertz CT molecular complexity index is 1250. The highest BCUT2D eigenvalue weighted by atomic mass is 35.5. The summed E-state index contributed by atoms with van der Waals surface area (Å²) in [5.74, 6) is -1.07. The Kier molecular flexibility index (Phi) is 7.11. The zero-order valence-electron chi connectivity index (χ0n) is 18.2. The van der Waals surface area contributed by atoms with Gasteiger partial charge < -0.3 is 19.5 Å². The molecule has 7 nitrogen and oxygen atoms in total. The van der Waals surface area contributed by atoms with Crippen LogP contribution in [0.3, 0.4) is 0 Å². The van der Waals surface area contributed by atoms with Crippen LogP contribution in [-0.2, 0) is 16.1 Å². The fourth-order valence-corrected chi connectivity index (χ4v) is 4.03. The Labute approximate surface area is 203 Å². The first kappa shape index (κ1) is 24.3. The fourth-order valence-electron chi connectivity index (χ4n) is 3.75. The average molecular weight is 505 g/mol. The van der Waals surface area contributed by atoms with Crippen molar-refractivity contribution >= 4 is 29.1 Å². The molecule has 35 heavy (non-hydrogen) atoms. The predicted molar refractivity (Wildman–Crippen MR) is 124 cm³/mol. The smallest absolute Gasteiger partial charge is 0.405 e. The molecule has 0 aliphatic carbocycles. The third kappa shape index (κ3) is 6.02. The molecule has 182 valence electrons. The number of aromatic nitrogens is 2. The number of para-hydroxylation sites is 1. The third-order valence-corrected chi connectivity index (χ3v) is 5.61. The van der Waals surface area contributed by atoms with Crippen molar-refractivity contribution < 1.29 is 27.5 Å². The lowest BCUT2D eigenvalue weighted by Gasteiger charge is -2.31. The van der Waals surface area contributed by atoms with Crippen molar-refractivity contribution in [2.24, 2.45) is 0 Å². The maximum atomic E-state index is 13.0. The maximum Gasteiger partial charge on any atom is 0.573 e. The van der Waals surface area contributed by atoms with Crippen LogP contribution in [-0.4, -0.2) is 45.2 Å². The second-order valence-corrected chi connectivity index (χ2v) is 8.12. The molecule has 11 heteroatoms. The molecular weight excluding hydrogens is 485 g/mol. The van der Waals surface area contributed by atoms with Crippen LogP contribution in [0, 0.1) is 0 Å². The molecule has 2 heterocycles. The van der Waals surface area contributed by atoms with E-state index in [1.54, 1.807) is 29.1 Å². The van der Waals surface area contributed by atoms with Gasteiger partial charge in [0, 0.05) is 35.8 Å². The minimum absolute atomic E-state index is 0.0531. The van der Waals surface area contributed by atoms with Gasteiger partial charge in [-0.3, -0.25) is 9.59 Å². The van der Waals surface area contributed by atoms with Gasteiger partial charge in [-0.25, -0.2) is 4.98 Å². The molecule has 0 bridgehead atoms. The van der Waals surface area contributed by atoms with Crippen LogP contribution in [0.5, 0.6) is 5.75 Å². The minimum Gasteiger partial charge on any atom is -0.405 e. The highest BCUT2D eigenvalue weighted by Crippen LogP contribution is 2.38. The Hall–Kier alpha value is -3.79. The van der Waals surface area contributed by atoms with Gasteiger partial charge in [0.05, 0.1) is 11.3 Å². The SMILES string of the molecule is O=C(Nc1ccc(-c2ccccc2OC(F)(F)F)c(Cl)c1)C1C=CCCN1C(=O)Cn1ccnc1. The zero-order chi connectivity index (χ0) is 25.0. The number of benzene rings is 2. The number of anilines is 1. The molecule has 2 aromatic carbocycles. The lowest BCUT2D eigenvalue weighted by atomic mass is 10.0. The first-order valence-corrected chi connectivity index (χ1v) is 11.0. The summed E-state index contributed by atoms with van der Waals surface area (Å²) in [4.78, 5) is 31.2. The Morgan fingerprint density at radius 1 is 1.17 bits per heavy atom. The first-order chi connectivity index (χ1) is 16.7. The lowest BCUT2D eigenvalue weighted by molar-refractivity contribution is -0.274. The molecule has 1 aromatic heterocycles. The molecule has 0 spiro atoms. The topological polar surface area (TPSA) is 76.5 Å². The van der Waals surface area contributed by atoms with Crippen molar-refractivity contribution in [2.75, 3.05) is 11.9 Å². The number of amides is 2. The molecule has 1 aliphatic heterocycles. The van der Waals surface area contributed by atoms with E-state index < -0.39 is 24.1 Å². The van der Waals surface area contributed by atoms with E-state index in [2.05, 4.69) is 15.0 Å². The molecular formula is C24H20ClF3N4O3. The zero-order valence-corrected chi connectivity index (χ0v) is 19.0. The van der Waals surface area contributed by atoms with E-state index in [1.165, 1.54) is 47.6 Å². The van der Waals surface area contributed by atoms with E-state index >= 15 is 0 Å².